The molecule has 0 bridgehead atoms. The number of hydrogen-bond donors (Lipinski definition) is 0. The SMILES string of the molecule is O=Cc1nnc2n1CCOC2. The van der Waals surface area contributed by atoms with Crippen molar-refractivity contribution in [3.8, 4) is 0 Å². The van der Waals surface area contributed by atoms with Gasteiger partial charge in [-0.15, -0.1) is 10.2 Å². The number of aromatic nitrogens is 3. The van der Waals surface area contributed by atoms with Gasteiger partial charge in [0.1, 0.15) is 6.61 Å². The first-order valence-corrected chi connectivity index (χ1v) is 3.37. The molecule has 0 radical (unpaired) electrons. The van der Waals surface area contributed by atoms with E-state index in [1.807, 2.05) is 0 Å². The molecular weight excluding hydrogens is 146 g/mol. The molecule has 5 nitrogen and oxygen atoms in total. The van der Waals surface area contributed by atoms with Gasteiger partial charge in [-0.2, -0.15) is 0 Å². The van der Waals surface area contributed by atoms with Gasteiger partial charge >= 0.3 is 0 Å². The van der Waals surface area contributed by atoms with E-state index >= 15 is 0 Å². The van der Waals surface area contributed by atoms with Gasteiger partial charge in [-0.25, -0.2) is 0 Å². The van der Waals surface area contributed by atoms with Crippen molar-refractivity contribution < 1.29 is 9.53 Å². The molecule has 0 spiro atoms. The molecule has 2 rings (SSSR count). The summed E-state index contributed by atoms with van der Waals surface area (Å²) >= 11 is 0. The van der Waals surface area contributed by atoms with Gasteiger partial charge < -0.3 is 9.30 Å². The van der Waals surface area contributed by atoms with Gasteiger partial charge in [-0.1, -0.05) is 0 Å². The normalized spacial score (nSPS) is 16.0. The standard InChI is InChI=1S/C6H7N3O2/c10-3-5-7-8-6-4-11-2-1-9(5)6/h3H,1-2,4H2. The summed E-state index contributed by atoms with van der Waals surface area (Å²) in [6.07, 6.45) is 0.710. The van der Waals surface area contributed by atoms with Crippen molar-refractivity contribution in [1.82, 2.24) is 14.8 Å². The minimum absolute atomic E-state index is 0.392. The molecule has 0 saturated heterocycles. The van der Waals surface area contributed by atoms with Gasteiger partial charge in [0.25, 0.3) is 0 Å². The van der Waals surface area contributed by atoms with Gasteiger partial charge in [0, 0.05) is 6.54 Å². The van der Waals surface area contributed by atoms with Crippen LogP contribution >= 0.6 is 0 Å². The second-order valence-electron chi connectivity index (χ2n) is 2.30. The van der Waals surface area contributed by atoms with Crippen molar-refractivity contribution >= 4 is 6.29 Å². The number of rotatable bonds is 1. The van der Waals surface area contributed by atoms with E-state index in [0.717, 1.165) is 5.82 Å². The summed E-state index contributed by atoms with van der Waals surface area (Å²) in [4.78, 5) is 10.4. The van der Waals surface area contributed by atoms with E-state index < -0.39 is 0 Å². The smallest absolute Gasteiger partial charge is 0.197 e. The topological polar surface area (TPSA) is 57.0 Å². The molecule has 2 heterocycles. The molecule has 1 aromatic heterocycles. The maximum Gasteiger partial charge on any atom is 0.197 e. The number of ether oxygens (including phenoxy) is 1. The Balaban J connectivity index is 2.45. The molecule has 0 unspecified atom stereocenters. The average molecular weight is 153 g/mol. The van der Waals surface area contributed by atoms with Crippen molar-refractivity contribution in [1.29, 1.82) is 0 Å². The van der Waals surface area contributed by atoms with Crippen LogP contribution in [0.3, 0.4) is 0 Å². The van der Waals surface area contributed by atoms with Crippen LogP contribution in [0.1, 0.15) is 16.4 Å². The monoisotopic (exact) mass is 153 g/mol. The van der Waals surface area contributed by atoms with Crippen molar-refractivity contribution in [3.05, 3.63) is 11.6 Å². The Bertz CT molecular complexity index is 281. The third kappa shape index (κ3) is 0.932. The highest BCUT2D eigenvalue weighted by molar-refractivity contribution is 5.69. The van der Waals surface area contributed by atoms with E-state index in [4.69, 9.17) is 4.74 Å². The van der Waals surface area contributed by atoms with Crippen LogP contribution in [-0.4, -0.2) is 27.7 Å². The molecule has 0 aliphatic carbocycles. The fourth-order valence-electron chi connectivity index (χ4n) is 1.11. The highest BCUT2D eigenvalue weighted by Gasteiger charge is 2.14. The van der Waals surface area contributed by atoms with Crippen LogP contribution in [0.5, 0.6) is 0 Å². The maximum atomic E-state index is 10.4. The lowest BCUT2D eigenvalue weighted by Crippen LogP contribution is -2.18. The molecule has 5 heteroatoms. The molecule has 58 valence electrons. The predicted octanol–water partition coefficient (Wildman–Crippen LogP) is -0.379. The largest absolute Gasteiger partial charge is 0.372 e. The minimum atomic E-state index is 0.392. The third-order valence-electron chi connectivity index (χ3n) is 1.65. The molecule has 0 aromatic carbocycles. The van der Waals surface area contributed by atoms with E-state index in [1.165, 1.54) is 0 Å². The van der Waals surface area contributed by atoms with Crippen molar-refractivity contribution in [2.24, 2.45) is 0 Å². The summed E-state index contributed by atoms with van der Waals surface area (Å²) in [5.41, 5.74) is 0. The summed E-state index contributed by atoms with van der Waals surface area (Å²) in [7, 11) is 0. The minimum Gasteiger partial charge on any atom is -0.372 e. The van der Waals surface area contributed by atoms with Crippen LogP contribution in [0.15, 0.2) is 0 Å². The van der Waals surface area contributed by atoms with Crippen LogP contribution < -0.4 is 0 Å². The van der Waals surface area contributed by atoms with E-state index in [0.29, 0.717) is 31.9 Å². The Hall–Kier alpha value is -1.23. The lowest BCUT2D eigenvalue weighted by molar-refractivity contribution is 0.0800. The number of nitrogens with zero attached hydrogens (tertiary/aromatic N) is 3. The Morgan fingerprint density at radius 2 is 2.45 bits per heavy atom. The number of hydrogen-bond acceptors (Lipinski definition) is 4. The van der Waals surface area contributed by atoms with Gasteiger partial charge in [0.15, 0.2) is 17.9 Å². The van der Waals surface area contributed by atoms with Crippen LogP contribution in [0.4, 0.5) is 0 Å². The highest BCUT2D eigenvalue weighted by atomic mass is 16.5. The Kier molecular flexibility index (Phi) is 1.43. The fraction of sp³-hybridized carbons (Fsp3) is 0.500. The second kappa shape index (κ2) is 2.43. The number of aldehydes is 1. The zero-order valence-electron chi connectivity index (χ0n) is 5.86. The van der Waals surface area contributed by atoms with E-state index in [9.17, 15) is 4.79 Å². The van der Waals surface area contributed by atoms with Crippen molar-refractivity contribution in [2.45, 2.75) is 13.2 Å². The molecule has 11 heavy (non-hydrogen) atoms. The van der Waals surface area contributed by atoms with Gasteiger partial charge in [-0.05, 0) is 0 Å². The molecule has 1 aliphatic rings. The van der Waals surface area contributed by atoms with Crippen molar-refractivity contribution in [3.63, 3.8) is 0 Å². The summed E-state index contributed by atoms with van der Waals surface area (Å²) < 4.78 is 6.89. The molecule has 0 atom stereocenters. The molecule has 0 amide bonds. The first-order valence-electron chi connectivity index (χ1n) is 3.37. The molecule has 1 aromatic rings. The van der Waals surface area contributed by atoms with E-state index in [1.54, 1.807) is 4.57 Å². The maximum absolute atomic E-state index is 10.4. The fourth-order valence-corrected chi connectivity index (χ4v) is 1.11. The zero-order chi connectivity index (χ0) is 7.68. The summed E-state index contributed by atoms with van der Waals surface area (Å²) in [6, 6.07) is 0. The Morgan fingerprint density at radius 1 is 1.55 bits per heavy atom. The predicted molar refractivity (Wildman–Crippen MR) is 35.1 cm³/mol. The number of carbonyl (C=O) groups is 1. The Morgan fingerprint density at radius 3 is 3.27 bits per heavy atom. The van der Waals surface area contributed by atoms with Crippen LogP contribution in [0.25, 0.3) is 0 Å². The molecular formula is C6H7N3O2. The number of carbonyl (C=O) groups excluding carboxylic acids is 1. The van der Waals surface area contributed by atoms with Gasteiger partial charge in [0.2, 0.25) is 0 Å². The van der Waals surface area contributed by atoms with Gasteiger partial charge in [-0.3, -0.25) is 4.79 Å². The first kappa shape index (κ1) is 6.48. The molecule has 0 fully saturated rings. The van der Waals surface area contributed by atoms with E-state index in [-0.39, 0.29) is 0 Å². The van der Waals surface area contributed by atoms with Crippen molar-refractivity contribution in [2.75, 3.05) is 6.61 Å². The first-order chi connectivity index (χ1) is 5.42. The second-order valence-corrected chi connectivity index (χ2v) is 2.30. The summed E-state index contributed by atoms with van der Waals surface area (Å²) in [5.74, 6) is 1.13. The zero-order valence-corrected chi connectivity index (χ0v) is 5.86. The third-order valence-corrected chi connectivity index (χ3v) is 1.65. The van der Waals surface area contributed by atoms with E-state index in [2.05, 4.69) is 10.2 Å². The highest BCUT2D eigenvalue weighted by Crippen LogP contribution is 2.06. The molecule has 0 N–H and O–H groups in total. The van der Waals surface area contributed by atoms with Crippen LogP contribution in [0, 0.1) is 0 Å². The molecule has 1 aliphatic heterocycles. The molecule has 0 saturated carbocycles. The lowest BCUT2D eigenvalue weighted by Gasteiger charge is -2.13. The van der Waals surface area contributed by atoms with Gasteiger partial charge in [0.05, 0.1) is 6.61 Å². The lowest BCUT2D eigenvalue weighted by atomic mass is 10.5. The van der Waals surface area contributed by atoms with Crippen LogP contribution in [0.2, 0.25) is 0 Å². The average Bonchev–Trinajstić information content (AvgIpc) is 2.47. The summed E-state index contributed by atoms with van der Waals surface area (Å²) in [5, 5.41) is 7.47. The van der Waals surface area contributed by atoms with Crippen LogP contribution in [-0.2, 0) is 17.9 Å². The Labute approximate surface area is 63.0 Å². The quantitative estimate of drug-likeness (QED) is 0.516. The number of fused-ring (bicyclic) bond motifs is 1. The summed E-state index contributed by atoms with van der Waals surface area (Å²) in [6.45, 7) is 1.77.